The molecule has 1 amide bonds. The van der Waals surface area contributed by atoms with Crippen molar-refractivity contribution in [2.24, 2.45) is 0 Å². The summed E-state index contributed by atoms with van der Waals surface area (Å²) in [6.45, 7) is 9.16. The highest BCUT2D eigenvalue weighted by molar-refractivity contribution is 9.10. The number of amides is 1. The highest BCUT2D eigenvalue weighted by Gasteiger charge is 2.13. The Kier molecular flexibility index (Phi) is 8.08. The molecule has 4 nitrogen and oxygen atoms in total. The molecule has 0 aromatic heterocycles. The number of nitrogens with one attached hydrogen (secondary N) is 2. The predicted octanol–water partition coefficient (Wildman–Crippen LogP) is 3.19. The molecular formula is C16H23BrN2O2. The summed E-state index contributed by atoms with van der Waals surface area (Å²) in [5.74, 6) is 0.570. The first-order valence-electron chi connectivity index (χ1n) is 7.11. The highest BCUT2D eigenvalue weighted by Crippen LogP contribution is 2.28. The van der Waals surface area contributed by atoms with Crippen LogP contribution in [0.1, 0.15) is 31.9 Å². The summed E-state index contributed by atoms with van der Waals surface area (Å²) in [5, 5.41) is 6.11. The Morgan fingerprint density at radius 1 is 1.52 bits per heavy atom. The van der Waals surface area contributed by atoms with Crippen molar-refractivity contribution in [3.63, 3.8) is 0 Å². The van der Waals surface area contributed by atoms with Crippen molar-refractivity contribution in [3.8, 4) is 5.75 Å². The van der Waals surface area contributed by atoms with Gasteiger partial charge in [0.25, 0.3) is 5.91 Å². The van der Waals surface area contributed by atoms with Crippen molar-refractivity contribution in [3.05, 3.63) is 40.9 Å². The molecule has 0 saturated carbocycles. The van der Waals surface area contributed by atoms with Crippen molar-refractivity contribution in [1.29, 1.82) is 0 Å². The Morgan fingerprint density at radius 2 is 2.29 bits per heavy atom. The molecule has 0 radical (unpaired) electrons. The van der Waals surface area contributed by atoms with E-state index in [4.69, 9.17) is 4.74 Å². The molecule has 116 valence electrons. The Bertz CT molecular complexity index is 477. The predicted molar refractivity (Wildman–Crippen MR) is 89.6 cm³/mol. The lowest BCUT2D eigenvalue weighted by Crippen LogP contribution is -2.29. The quantitative estimate of drug-likeness (QED) is 0.669. The zero-order valence-electron chi connectivity index (χ0n) is 12.6. The molecule has 0 bridgehead atoms. The molecule has 1 rings (SSSR count). The third-order valence-corrected chi connectivity index (χ3v) is 3.43. The number of benzene rings is 1. The van der Waals surface area contributed by atoms with Crippen LogP contribution in [0.15, 0.2) is 35.3 Å². The van der Waals surface area contributed by atoms with E-state index in [1.54, 1.807) is 6.08 Å². The summed E-state index contributed by atoms with van der Waals surface area (Å²) in [5.41, 5.74) is 1.04. The number of carbonyl (C=O) groups is 1. The van der Waals surface area contributed by atoms with Gasteiger partial charge in [0.1, 0.15) is 5.75 Å². The van der Waals surface area contributed by atoms with Gasteiger partial charge in [-0.1, -0.05) is 28.9 Å². The topological polar surface area (TPSA) is 50.4 Å². The number of rotatable bonds is 9. The first-order valence-corrected chi connectivity index (χ1v) is 7.91. The van der Waals surface area contributed by atoms with Crippen LogP contribution in [-0.4, -0.2) is 25.6 Å². The zero-order valence-corrected chi connectivity index (χ0v) is 14.2. The average Bonchev–Trinajstić information content (AvgIpc) is 2.49. The van der Waals surface area contributed by atoms with Crippen LogP contribution in [0.2, 0.25) is 0 Å². The monoisotopic (exact) mass is 354 g/mol. The van der Waals surface area contributed by atoms with Gasteiger partial charge in [0.05, 0.1) is 0 Å². The molecule has 0 aliphatic rings. The number of hydrogen-bond acceptors (Lipinski definition) is 3. The van der Waals surface area contributed by atoms with Crippen LogP contribution < -0.4 is 15.4 Å². The number of hydrogen-bond donors (Lipinski definition) is 2. The molecule has 0 heterocycles. The maximum atomic E-state index is 11.6. The minimum atomic E-state index is -0.155. The first-order chi connectivity index (χ1) is 10.1. The molecule has 0 aliphatic heterocycles. The van der Waals surface area contributed by atoms with Gasteiger partial charge in [0.15, 0.2) is 6.61 Å². The molecule has 21 heavy (non-hydrogen) atoms. The van der Waals surface area contributed by atoms with Crippen LogP contribution in [0, 0.1) is 0 Å². The lowest BCUT2D eigenvalue weighted by molar-refractivity contribution is -0.122. The van der Waals surface area contributed by atoms with Crippen LogP contribution in [0.3, 0.4) is 0 Å². The second-order valence-electron chi connectivity index (χ2n) is 4.74. The molecule has 0 saturated heterocycles. The van der Waals surface area contributed by atoms with Crippen LogP contribution in [0.4, 0.5) is 0 Å². The van der Waals surface area contributed by atoms with Gasteiger partial charge in [-0.25, -0.2) is 0 Å². The first kappa shape index (κ1) is 17.7. The summed E-state index contributed by atoms with van der Waals surface area (Å²) in [4.78, 5) is 11.6. The normalized spacial score (nSPS) is 11.8. The number of halogens is 1. The highest BCUT2D eigenvalue weighted by atomic mass is 79.9. The van der Waals surface area contributed by atoms with Gasteiger partial charge in [-0.15, -0.1) is 6.58 Å². The van der Waals surface area contributed by atoms with Crippen molar-refractivity contribution < 1.29 is 9.53 Å². The molecular weight excluding hydrogens is 332 g/mol. The van der Waals surface area contributed by atoms with Crippen molar-refractivity contribution in [2.75, 3.05) is 19.7 Å². The maximum Gasteiger partial charge on any atom is 0.258 e. The molecule has 1 atom stereocenters. The minimum Gasteiger partial charge on any atom is -0.483 e. The molecule has 1 unspecified atom stereocenters. The molecule has 5 heteroatoms. The lowest BCUT2D eigenvalue weighted by Gasteiger charge is -2.18. The Hall–Kier alpha value is -1.33. The van der Waals surface area contributed by atoms with E-state index in [0.717, 1.165) is 28.8 Å². The Balaban J connectivity index is 2.72. The molecule has 1 aromatic carbocycles. The molecule has 0 aliphatic carbocycles. The van der Waals surface area contributed by atoms with E-state index in [0.29, 0.717) is 6.54 Å². The Labute approximate surface area is 135 Å². The molecule has 0 spiro atoms. The summed E-state index contributed by atoms with van der Waals surface area (Å²) in [6, 6.07) is 5.97. The molecule has 1 aromatic rings. The van der Waals surface area contributed by atoms with E-state index >= 15 is 0 Å². The van der Waals surface area contributed by atoms with E-state index in [-0.39, 0.29) is 18.6 Å². The fourth-order valence-corrected chi connectivity index (χ4v) is 2.22. The third-order valence-electron chi connectivity index (χ3n) is 2.94. The van der Waals surface area contributed by atoms with E-state index < -0.39 is 0 Å². The van der Waals surface area contributed by atoms with Crippen molar-refractivity contribution in [2.45, 2.75) is 26.3 Å². The average molecular weight is 355 g/mol. The SMILES string of the molecule is C=CCNC(=O)COc1ccc(Br)cc1C(C)NCCC. The van der Waals surface area contributed by atoms with Gasteiger partial charge in [-0.2, -0.15) is 0 Å². The fraction of sp³-hybridized carbons (Fsp3) is 0.438. The molecule has 0 fully saturated rings. The van der Waals surface area contributed by atoms with E-state index in [9.17, 15) is 4.79 Å². The van der Waals surface area contributed by atoms with Crippen LogP contribution in [-0.2, 0) is 4.79 Å². The summed E-state index contributed by atoms with van der Waals surface area (Å²) in [7, 11) is 0. The number of carbonyl (C=O) groups excluding carboxylic acids is 1. The van der Waals surface area contributed by atoms with Gasteiger partial charge >= 0.3 is 0 Å². The largest absolute Gasteiger partial charge is 0.483 e. The van der Waals surface area contributed by atoms with Gasteiger partial charge in [-0.3, -0.25) is 4.79 Å². The van der Waals surface area contributed by atoms with Gasteiger partial charge in [0, 0.05) is 22.6 Å². The standard InChI is InChI=1S/C16H23BrN2O2/c1-4-8-18-12(3)14-10-13(17)6-7-15(14)21-11-16(20)19-9-5-2/h5-7,10,12,18H,2,4,8-9,11H2,1,3H3,(H,19,20). The van der Waals surface area contributed by atoms with Crippen LogP contribution in [0.25, 0.3) is 0 Å². The summed E-state index contributed by atoms with van der Waals surface area (Å²) >= 11 is 3.47. The summed E-state index contributed by atoms with van der Waals surface area (Å²) < 4.78 is 6.64. The second kappa shape index (κ2) is 9.58. The zero-order chi connectivity index (χ0) is 15.7. The smallest absolute Gasteiger partial charge is 0.258 e. The van der Waals surface area contributed by atoms with Gasteiger partial charge in [-0.05, 0) is 38.1 Å². The lowest BCUT2D eigenvalue weighted by atomic mass is 10.1. The van der Waals surface area contributed by atoms with Crippen molar-refractivity contribution >= 4 is 21.8 Å². The van der Waals surface area contributed by atoms with Crippen LogP contribution in [0.5, 0.6) is 5.75 Å². The van der Waals surface area contributed by atoms with Gasteiger partial charge in [0.2, 0.25) is 0 Å². The Morgan fingerprint density at radius 3 is 2.95 bits per heavy atom. The molecule has 2 N–H and O–H groups in total. The number of ether oxygens (including phenoxy) is 1. The summed E-state index contributed by atoms with van der Waals surface area (Å²) in [6.07, 6.45) is 2.71. The van der Waals surface area contributed by atoms with Crippen molar-refractivity contribution in [1.82, 2.24) is 10.6 Å². The van der Waals surface area contributed by atoms with E-state index in [1.165, 1.54) is 0 Å². The fourth-order valence-electron chi connectivity index (χ4n) is 1.84. The van der Waals surface area contributed by atoms with Gasteiger partial charge < -0.3 is 15.4 Å². The minimum absolute atomic E-state index is 0.00295. The maximum absolute atomic E-state index is 11.6. The van der Waals surface area contributed by atoms with E-state index in [1.807, 2.05) is 18.2 Å². The van der Waals surface area contributed by atoms with Crippen LogP contribution >= 0.6 is 15.9 Å². The second-order valence-corrected chi connectivity index (χ2v) is 5.66. The third kappa shape index (κ3) is 6.31. The van der Waals surface area contributed by atoms with E-state index in [2.05, 4.69) is 47.0 Å².